The third-order valence-electron chi connectivity index (χ3n) is 6.20. The smallest absolute Gasteiger partial charge is 0.416 e. The SMILES string of the molecule is CCOC(=O)C1CCC(NC(=O)c2cnn3cccc(Cc4cccc(C(F)(F)F)c4)c23)CC1. The maximum Gasteiger partial charge on any atom is 0.416 e. The summed E-state index contributed by atoms with van der Waals surface area (Å²) in [5.41, 5.74) is 1.43. The highest BCUT2D eigenvalue weighted by molar-refractivity contribution is 6.01. The molecule has 3 aromatic rings. The van der Waals surface area contributed by atoms with E-state index >= 15 is 0 Å². The Morgan fingerprint density at radius 2 is 1.91 bits per heavy atom. The minimum absolute atomic E-state index is 0.0660. The van der Waals surface area contributed by atoms with E-state index in [0.717, 1.165) is 12.1 Å². The van der Waals surface area contributed by atoms with Crippen molar-refractivity contribution in [2.24, 2.45) is 5.92 Å². The fourth-order valence-corrected chi connectivity index (χ4v) is 4.50. The largest absolute Gasteiger partial charge is 0.466 e. The van der Waals surface area contributed by atoms with Gasteiger partial charge in [0.2, 0.25) is 0 Å². The molecule has 0 spiro atoms. The molecule has 0 bridgehead atoms. The molecule has 6 nitrogen and oxygen atoms in total. The van der Waals surface area contributed by atoms with Crippen LogP contribution in [0.5, 0.6) is 0 Å². The van der Waals surface area contributed by atoms with E-state index in [4.69, 9.17) is 4.74 Å². The molecule has 1 aromatic carbocycles. The number of amides is 1. The third-order valence-corrected chi connectivity index (χ3v) is 6.20. The highest BCUT2D eigenvalue weighted by atomic mass is 19.4. The number of nitrogens with zero attached hydrogens (tertiary/aromatic N) is 2. The number of hydrogen-bond acceptors (Lipinski definition) is 4. The van der Waals surface area contributed by atoms with Gasteiger partial charge in [0.1, 0.15) is 0 Å². The van der Waals surface area contributed by atoms with Crippen molar-refractivity contribution in [2.45, 2.75) is 51.2 Å². The average molecular weight is 473 g/mol. The Bertz CT molecular complexity index is 1180. The van der Waals surface area contributed by atoms with E-state index in [0.29, 0.717) is 54.5 Å². The summed E-state index contributed by atoms with van der Waals surface area (Å²) in [4.78, 5) is 25.0. The summed E-state index contributed by atoms with van der Waals surface area (Å²) in [7, 11) is 0. The molecule has 1 aliphatic carbocycles. The molecule has 1 amide bonds. The molecular weight excluding hydrogens is 447 g/mol. The molecule has 4 rings (SSSR count). The minimum Gasteiger partial charge on any atom is -0.466 e. The fourth-order valence-electron chi connectivity index (χ4n) is 4.50. The Hall–Kier alpha value is -3.36. The van der Waals surface area contributed by atoms with Crippen molar-refractivity contribution in [3.05, 3.63) is 71.0 Å². The first-order valence-corrected chi connectivity index (χ1v) is 11.3. The summed E-state index contributed by atoms with van der Waals surface area (Å²) < 4.78 is 46.0. The molecule has 1 saturated carbocycles. The maximum atomic E-state index is 13.1. The number of carbonyl (C=O) groups is 2. The zero-order valence-electron chi connectivity index (χ0n) is 18.8. The van der Waals surface area contributed by atoms with Gasteiger partial charge < -0.3 is 10.1 Å². The number of halogens is 3. The Balaban J connectivity index is 1.50. The van der Waals surface area contributed by atoms with Gasteiger partial charge in [-0.05, 0) is 62.3 Å². The summed E-state index contributed by atoms with van der Waals surface area (Å²) in [6.07, 6.45) is 1.63. The second-order valence-electron chi connectivity index (χ2n) is 8.53. The van der Waals surface area contributed by atoms with Crippen LogP contribution >= 0.6 is 0 Å². The molecule has 2 heterocycles. The Labute approximate surface area is 195 Å². The summed E-state index contributed by atoms with van der Waals surface area (Å²) in [5.74, 6) is -0.607. The molecule has 0 aliphatic heterocycles. The van der Waals surface area contributed by atoms with Gasteiger partial charge in [-0.2, -0.15) is 18.3 Å². The molecule has 0 atom stereocenters. The number of alkyl halides is 3. The van der Waals surface area contributed by atoms with E-state index in [-0.39, 0.29) is 30.3 Å². The molecular formula is C25H26F3N3O3. The number of benzene rings is 1. The number of esters is 1. The maximum absolute atomic E-state index is 13.1. The number of pyridine rings is 1. The van der Waals surface area contributed by atoms with Crippen LogP contribution in [0.2, 0.25) is 0 Å². The number of fused-ring (bicyclic) bond motifs is 1. The van der Waals surface area contributed by atoms with Crippen molar-refractivity contribution < 1.29 is 27.5 Å². The lowest BCUT2D eigenvalue weighted by Crippen LogP contribution is -2.39. The lowest BCUT2D eigenvalue weighted by atomic mass is 9.86. The Morgan fingerprint density at radius 1 is 1.15 bits per heavy atom. The predicted molar refractivity (Wildman–Crippen MR) is 119 cm³/mol. The van der Waals surface area contributed by atoms with Crippen molar-refractivity contribution in [3.8, 4) is 0 Å². The number of rotatable bonds is 6. The topological polar surface area (TPSA) is 72.7 Å². The van der Waals surface area contributed by atoms with Crippen molar-refractivity contribution >= 4 is 17.4 Å². The fraction of sp³-hybridized carbons (Fsp3) is 0.400. The van der Waals surface area contributed by atoms with Crippen LogP contribution in [-0.2, 0) is 22.1 Å². The molecule has 180 valence electrons. The predicted octanol–water partition coefficient (Wildman–Crippen LogP) is 4.80. The van der Waals surface area contributed by atoms with E-state index < -0.39 is 11.7 Å². The van der Waals surface area contributed by atoms with Crippen molar-refractivity contribution in [1.82, 2.24) is 14.9 Å². The van der Waals surface area contributed by atoms with E-state index in [9.17, 15) is 22.8 Å². The van der Waals surface area contributed by atoms with Crippen LogP contribution in [0.25, 0.3) is 5.52 Å². The summed E-state index contributed by atoms with van der Waals surface area (Å²) in [6, 6.07) is 8.66. The van der Waals surface area contributed by atoms with Crippen molar-refractivity contribution in [3.63, 3.8) is 0 Å². The summed E-state index contributed by atoms with van der Waals surface area (Å²) >= 11 is 0. The molecule has 34 heavy (non-hydrogen) atoms. The highest BCUT2D eigenvalue weighted by Crippen LogP contribution is 2.31. The van der Waals surface area contributed by atoms with Crippen LogP contribution < -0.4 is 5.32 Å². The van der Waals surface area contributed by atoms with Crippen LogP contribution in [0.3, 0.4) is 0 Å². The van der Waals surface area contributed by atoms with Crippen LogP contribution in [0.1, 0.15) is 59.7 Å². The van der Waals surface area contributed by atoms with Gasteiger partial charge in [-0.25, -0.2) is 4.52 Å². The number of hydrogen-bond donors (Lipinski definition) is 1. The molecule has 1 fully saturated rings. The lowest BCUT2D eigenvalue weighted by molar-refractivity contribution is -0.149. The summed E-state index contributed by atoms with van der Waals surface area (Å²) in [6.45, 7) is 2.13. The second kappa shape index (κ2) is 9.87. The van der Waals surface area contributed by atoms with Crippen LogP contribution in [0.15, 0.2) is 48.8 Å². The second-order valence-corrected chi connectivity index (χ2v) is 8.53. The van der Waals surface area contributed by atoms with Crippen LogP contribution in [-0.4, -0.2) is 34.1 Å². The van der Waals surface area contributed by atoms with E-state index in [1.54, 1.807) is 35.8 Å². The zero-order valence-corrected chi connectivity index (χ0v) is 18.8. The Morgan fingerprint density at radius 3 is 2.62 bits per heavy atom. The van der Waals surface area contributed by atoms with Gasteiger partial charge in [-0.15, -0.1) is 0 Å². The van der Waals surface area contributed by atoms with E-state index in [1.807, 2.05) is 0 Å². The minimum atomic E-state index is -4.42. The van der Waals surface area contributed by atoms with Gasteiger partial charge in [0.05, 0.1) is 35.4 Å². The van der Waals surface area contributed by atoms with Crippen molar-refractivity contribution in [2.75, 3.05) is 6.61 Å². The average Bonchev–Trinajstić information content (AvgIpc) is 3.25. The van der Waals surface area contributed by atoms with Gasteiger partial charge in [-0.3, -0.25) is 9.59 Å². The zero-order chi connectivity index (χ0) is 24.3. The monoisotopic (exact) mass is 473 g/mol. The first-order valence-electron chi connectivity index (χ1n) is 11.3. The molecule has 2 aromatic heterocycles. The first-order chi connectivity index (χ1) is 16.3. The number of carbonyl (C=O) groups excluding carboxylic acids is 2. The quantitative estimate of drug-likeness (QED) is 0.523. The van der Waals surface area contributed by atoms with Gasteiger partial charge in [0.15, 0.2) is 0 Å². The van der Waals surface area contributed by atoms with E-state index in [1.165, 1.54) is 12.3 Å². The summed E-state index contributed by atoms with van der Waals surface area (Å²) in [5, 5.41) is 7.29. The van der Waals surface area contributed by atoms with Crippen molar-refractivity contribution in [1.29, 1.82) is 0 Å². The number of ether oxygens (including phenoxy) is 1. The van der Waals surface area contributed by atoms with Gasteiger partial charge in [-0.1, -0.05) is 24.3 Å². The van der Waals surface area contributed by atoms with Crippen LogP contribution in [0, 0.1) is 5.92 Å². The molecule has 0 unspecified atom stereocenters. The van der Waals surface area contributed by atoms with Gasteiger partial charge >= 0.3 is 12.1 Å². The molecule has 1 aliphatic rings. The number of aromatic nitrogens is 2. The number of nitrogens with one attached hydrogen (secondary N) is 1. The molecule has 0 saturated heterocycles. The van der Waals surface area contributed by atoms with Gasteiger partial charge in [0.25, 0.3) is 5.91 Å². The highest BCUT2D eigenvalue weighted by Gasteiger charge is 2.31. The third kappa shape index (κ3) is 5.24. The van der Waals surface area contributed by atoms with Gasteiger partial charge in [0, 0.05) is 12.2 Å². The normalized spacial score (nSPS) is 18.6. The molecule has 1 N–H and O–H groups in total. The standard InChI is InChI=1S/C25H26F3N3O3/c1-2-34-24(33)17-8-10-20(11-9-17)30-23(32)21-15-29-31-12-4-6-18(22(21)31)13-16-5-3-7-19(14-16)25(26,27)28/h3-7,12,14-15,17,20H,2,8-11,13H2,1H3,(H,30,32). The first kappa shape index (κ1) is 23.8. The lowest BCUT2D eigenvalue weighted by Gasteiger charge is -2.27. The van der Waals surface area contributed by atoms with E-state index in [2.05, 4.69) is 10.4 Å². The van der Waals surface area contributed by atoms with Crippen LogP contribution in [0.4, 0.5) is 13.2 Å². The Kier molecular flexibility index (Phi) is 6.90. The molecule has 0 radical (unpaired) electrons. The molecule has 9 heteroatoms.